The van der Waals surface area contributed by atoms with Crippen LogP contribution >= 0.6 is 0 Å². The molecule has 0 saturated carbocycles. The van der Waals surface area contributed by atoms with Crippen molar-refractivity contribution in [1.82, 2.24) is 4.90 Å². The molecule has 2 nitrogen and oxygen atoms in total. The second-order valence-corrected chi connectivity index (χ2v) is 5.21. The van der Waals surface area contributed by atoms with E-state index in [1.54, 1.807) is 12.1 Å². The molecular formula is C13H16FNO. The van der Waals surface area contributed by atoms with Crippen molar-refractivity contribution in [3.8, 4) is 0 Å². The molecule has 86 valence electrons. The van der Waals surface area contributed by atoms with Gasteiger partial charge in [-0.3, -0.25) is 4.79 Å². The molecule has 0 aromatic heterocycles. The smallest absolute Gasteiger partial charge is 0.225 e. The van der Waals surface area contributed by atoms with Crippen LogP contribution in [0.15, 0.2) is 24.3 Å². The summed E-state index contributed by atoms with van der Waals surface area (Å²) in [6, 6.07) is 6.50. The summed E-state index contributed by atoms with van der Waals surface area (Å²) in [4.78, 5) is 13.4. The minimum Gasteiger partial charge on any atom is -0.330 e. The Kier molecular flexibility index (Phi) is 2.49. The number of carbonyl (C=O) groups is 1. The van der Waals surface area contributed by atoms with Gasteiger partial charge >= 0.3 is 0 Å². The highest BCUT2D eigenvalue weighted by Crippen LogP contribution is 2.39. The molecule has 3 heteroatoms. The van der Waals surface area contributed by atoms with Crippen molar-refractivity contribution in [2.75, 3.05) is 0 Å². The van der Waals surface area contributed by atoms with Crippen LogP contribution in [0.4, 0.5) is 4.39 Å². The molecule has 2 rings (SSSR count). The summed E-state index contributed by atoms with van der Waals surface area (Å²) in [7, 11) is 0. The molecule has 1 aromatic rings. The van der Waals surface area contributed by atoms with Crippen molar-refractivity contribution in [3.05, 3.63) is 35.6 Å². The standard InChI is InChI=1S/C13H16FNO/c1-13(2,3)15-11(8-12(15)16)9-4-6-10(14)7-5-9/h4-7,11H,8H2,1-3H3. The average Bonchev–Trinajstić information content (AvgIpc) is 2.13. The highest BCUT2D eigenvalue weighted by molar-refractivity contribution is 5.84. The number of likely N-dealkylation sites (tertiary alicyclic amines) is 1. The monoisotopic (exact) mass is 221 g/mol. The van der Waals surface area contributed by atoms with E-state index in [1.807, 2.05) is 25.7 Å². The van der Waals surface area contributed by atoms with Crippen LogP contribution in [0.5, 0.6) is 0 Å². The molecule has 1 saturated heterocycles. The average molecular weight is 221 g/mol. The number of β-lactam (4-membered cyclic amide) rings is 1. The van der Waals surface area contributed by atoms with E-state index in [-0.39, 0.29) is 23.3 Å². The topological polar surface area (TPSA) is 20.3 Å². The van der Waals surface area contributed by atoms with Gasteiger partial charge in [-0.2, -0.15) is 0 Å². The lowest BCUT2D eigenvalue weighted by molar-refractivity contribution is -0.154. The Hall–Kier alpha value is -1.38. The summed E-state index contributed by atoms with van der Waals surface area (Å²) in [6.07, 6.45) is 0.531. The molecule has 0 N–H and O–H groups in total. The Balaban J connectivity index is 2.23. The second kappa shape index (κ2) is 3.58. The summed E-state index contributed by atoms with van der Waals surface area (Å²) in [6.45, 7) is 6.04. The van der Waals surface area contributed by atoms with E-state index in [0.29, 0.717) is 6.42 Å². The molecule has 16 heavy (non-hydrogen) atoms. The highest BCUT2D eigenvalue weighted by Gasteiger charge is 2.43. The van der Waals surface area contributed by atoms with Crippen LogP contribution in [0.2, 0.25) is 0 Å². The molecule has 1 fully saturated rings. The van der Waals surface area contributed by atoms with E-state index in [9.17, 15) is 9.18 Å². The van der Waals surface area contributed by atoms with Gasteiger partial charge in [-0.05, 0) is 38.5 Å². The Bertz CT molecular complexity index is 405. The molecule has 1 atom stereocenters. The van der Waals surface area contributed by atoms with Gasteiger partial charge in [0.25, 0.3) is 0 Å². The fraction of sp³-hybridized carbons (Fsp3) is 0.462. The van der Waals surface area contributed by atoms with Crippen LogP contribution in [-0.2, 0) is 4.79 Å². The molecule has 1 aliphatic rings. The van der Waals surface area contributed by atoms with Crippen molar-refractivity contribution >= 4 is 5.91 Å². The van der Waals surface area contributed by atoms with Gasteiger partial charge in [-0.15, -0.1) is 0 Å². The van der Waals surface area contributed by atoms with Gasteiger partial charge < -0.3 is 4.90 Å². The van der Waals surface area contributed by atoms with E-state index in [1.165, 1.54) is 12.1 Å². The third-order valence-electron chi connectivity index (χ3n) is 2.93. The summed E-state index contributed by atoms with van der Waals surface area (Å²) in [5, 5.41) is 0. The summed E-state index contributed by atoms with van der Waals surface area (Å²) in [5.41, 5.74) is 0.838. The zero-order chi connectivity index (χ0) is 11.9. The van der Waals surface area contributed by atoms with E-state index in [4.69, 9.17) is 0 Å². The number of hydrogen-bond acceptors (Lipinski definition) is 1. The minimum atomic E-state index is -0.239. The molecule has 1 heterocycles. The largest absolute Gasteiger partial charge is 0.330 e. The number of halogens is 1. The Labute approximate surface area is 95.1 Å². The molecule has 0 radical (unpaired) electrons. The molecule has 0 bridgehead atoms. The zero-order valence-corrected chi connectivity index (χ0v) is 9.83. The first-order valence-corrected chi connectivity index (χ1v) is 5.47. The van der Waals surface area contributed by atoms with E-state index in [2.05, 4.69) is 0 Å². The van der Waals surface area contributed by atoms with Gasteiger partial charge in [0.1, 0.15) is 5.82 Å². The fourth-order valence-electron chi connectivity index (χ4n) is 2.21. The first-order chi connectivity index (χ1) is 7.39. The summed E-state index contributed by atoms with van der Waals surface area (Å²) >= 11 is 0. The Morgan fingerprint density at radius 2 is 1.81 bits per heavy atom. The number of carbonyl (C=O) groups excluding carboxylic acids is 1. The molecule has 0 aliphatic carbocycles. The Morgan fingerprint density at radius 3 is 2.25 bits per heavy atom. The highest BCUT2D eigenvalue weighted by atomic mass is 19.1. The fourth-order valence-corrected chi connectivity index (χ4v) is 2.21. The maximum atomic E-state index is 12.8. The third kappa shape index (κ3) is 1.82. The van der Waals surface area contributed by atoms with Crippen LogP contribution in [0, 0.1) is 5.82 Å². The molecule has 0 spiro atoms. The normalized spacial score (nSPS) is 20.9. The first-order valence-electron chi connectivity index (χ1n) is 5.47. The zero-order valence-electron chi connectivity index (χ0n) is 9.83. The lowest BCUT2D eigenvalue weighted by Crippen LogP contribution is -2.56. The predicted octanol–water partition coefficient (Wildman–Crippen LogP) is 2.90. The van der Waals surface area contributed by atoms with Gasteiger partial charge in [-0.1, -0.05) is 12.1 Å². The minimum absolute atomic E-state index is 0.105. The summed E-state index contributed by atoms with van der Waals surface area (Å²) in [5.74, 6) is -0.0708. The molecule has 1 unspecified atom stereocenters. The molecule has 1 aromatic carbocycles. The van der Waals surface area contributed by atoms with Crippen LogP contribution in [-0.4, -0.2) is 16.3 Å². The van der Waals surface area contributed by atoms with Crippen LogP contribution < -0.4 is 0 Å². The maximum absolute atomic E-state index is 12.8. The van der Waals surface area contributed by atoms with Crippen LogP contribution in [0.25, 0.3) is 0 Å². The van der Waals surface area contributed by atoms with Gasteiger partial charge in [0, 0.05) is 5.54 Å². The number of hydrogen-bond donors (Lipinski definition) is 0. The molecule has 1 amide bonds. The Morgan fingerprint density at radius 1 is 1.25 bits per heavy atom. The van der Waals surface area contributed by atoms with E-state index >= 15 is 0 Å². The lowest BCUT2D eigenvalue weighted by Gasteiger charge is -2.49. The molecule has 1 aliphatic heterocycles. The quantitative estimate of drug-likeness (QED) is 0.668. The van der Waals surface area contributed by atoms with Gasteiger partial charge in [-0.25, -0.2) is 4.39 Å². The van der Waals surface area contributed by atoms with Crippen molar-refractivity contribution < 1.29 is 9.18 Å². The SMILES string of the molecule is CC(C)(C)N1C(=O)CC1c1ccc(F)cc1. The third-order valence-corrected chi connectivity index (χ3v) is 2.93. The van der Waals surface area contributed by atoms with Crippen molar-refractivity contribution in [2.45, 2.75) is 38.8 Å². The first kappa shape index (κ1) is 11.1. The second-order valence-electron chi connectivity index (χ2n) is 5.21. The van der Waals surface area contributed by atoms with Crippen molar-refractivity contribution in [2.24, 2.45) is 0 Å². The van der Waals surface area contributed by atoms with Crippen LogP contribution in [0.3, 0.4) is 0 Å². The predicted molar refractivity (Wildman–Crippen MR) is 60.4 cm³/mol. The number of rotatable bonds is 1. The van der Waals surface area contributed by atoms with Gasteiger partial charge in [0.2, 0.25) is 5.91 Å². The number of benzene rings is 1. The summed E-state index contributed by atoms with van der Waals surface area (Å²) < 4.78 is 12.8. The maximum Gasteiger partial charge on any atom is 0.225 e. The van der Waals surface area contributed by atoms with E-state index in [0.717, 1.165) is 5.56 Å². The van der Waals surface area contributed by atoms with Crippen molar-refractivity contribution in [1.29, 1.82) is 0 Å². The van der Waals surface area contributed by atoms with Gasteiger partial charge in [0.05, 0.1) is 12.5 Å². The van der Waals surface area contributed by atoms with Gasteiger partial charge in [0.15, 0.2) is 0 Å². The molecular weight excluding hydrogens is 205 g/mol. The van der Waals surface area contributed by atoms with Crippen LogP contribution in [0.1, 0.15) is 38.8 Å². The van der Waals surface area contributed by atoms with Crippen molar-refractivity contribution in [3.63, 3.8) is 0 Å². The van der Waals surface area contributed by atoms with E-state index < -0.39 is 0 Å². The lowest BCUT2D eigenvalue weighted by atomic mass is 9.88. The number of amides is 1. The number of nitrogens with zero attached hydrogens (tertiary/aromatic N) is 1.